The van der Waals surface area contributed by atoms with Crippen molar-refractivity contribution in [1.29, 1.82) is 0 Å². The number of nitro benzene ring substituents is 1. The molecule has 1 aromatic rings. The summed E-state index contributed by atoms with van der Waals surface area (Å²) in [6.45, 7) is 1.72. The minimum absolute atomic E-state index is 0.0734. The monoisotopic (exact) mass is 258 g/mol. The van der Waals surface area contributed by atoms with Gasteiger partial charge in [-0.1, -0.05) is 15.9 Å². The van der Waals surface area contributed by atoms with E-state index in [0.717, 1.165) is 5.56 Å². The van der Waals surface area contributed by atoms with Gasteiger partial charge in [-0.3, -0.25) is 14.9 Å². The number of hydrogen-bond donors (Lipinski definition) is 1. The van der Waals surface area contributed by atoms with Crippen molar-refractivity contribution in [2.75, 3.05) is 0 Å². The van der Waals surface area contributed by atoms with Crippen LogP contribution in [-0.2, 0) is 0 Å². The Labute approximate surface area is 88.2 Å². The molecule has 74 valence electrons. The van der Waals surface area contributed by atoms with E-state index in [0.29, 0.717) is 4.47 Å². The van der Waals surface area contributed by atoms with Crippen LogP contribution in [0.25, 0.3) is 0 Å². The topological polar surface area (TPSA) is 86.2 Å². The fourth-order valence-corrected chi connectivity index (χ4v) is 1.35. The molecule has 0 radical (unpaired) electrons. The van der Waals surface area contributed by atoms with Crippen molar-refractivity contribution in [2.24, 2.45) is 5.73 Å². The molecule has 1 amide bonds. The molecule has 0 aromatic heterocycles. The average molecular weight is 259 g/mol. The molecule has 0 spiro atoms. The number of nitro groups is 1. The number of carbonyl (C=O) groups is 1. The molecule has 1 aromatic carbocycles. The molecule has 0 unspecified atom stereocenters. The van der Waals surface area contributed by atoms with E-state index in [1.165, 1.54) is 12.1 Å². The molecule has 0 aliphatic carbocycles. The standard InChI is InChI=1S/C8H7BrN2O3/c1-4-2-5(8(10)12)7(11(13)14)3-6(4)9/h2-3H,1H3,(H2,10,12). The van der Waals surface area contributed by atoms with Crippen molar-refractivity contribution in [3.63, 3.8) is 0 Å². The predicted molar refractivity (Wildman–Crippen MR) is 54.1 cm³/mol. The second-order valence-electron chi connectivity index (χ2n) is 2.74. The Balaban J connectivity index is 3.46. The Morgan fingerprint density at radius 3 is 2.57 bits per heavy atom. The van der Waals surface area contributed by atoms with Gasteiger partial charge in [0.05, 0.1) is 4.92 Å². The first kappa shape index (κ1) is 10.6. The largest absolute Gasteiger partial charge is 0.365 e. The Hall–Kier alpha value is -1.43. The van der Waals surface area contributed by atoms with E-state index < -0.39 is 10.8 Å². The van der Waals surface area contributed by atoms with Crippen LogP contribution >= 0.6 is 15.9 Å². The van der Waals surface area contributed by atoms with Crippen molar-refractivity contribution in [3.8, 4) is 0 Å². The van der Waals surface area contributed by atoms with Gasteiger partial charge in [-0.05, 0) is 18.6 Å². The maximum Gasteiger partial charge on any atom is 0.283 e. The van der Waals surface area contributed by atoms with E-state index in [-0.39, 0.29) is 11.3 Å². The van der Waals surface area contributed by atoms with E-state index in [9.17, 15) is 14.9 Å². The maximum atomic E-state index is 10.9. The molecule has 1 rings (SSSR count). The van der Waals surface area contributed by atoms with Crippen LogP contribution in [0.2, 0.25) is 0 Å². The van der Waals surface area contributed by atoms with E-state index in [1.807, 2.05) is 0 Å². The lowest BCUT2D eigenvalue weighted by Crippen LogP contribution is -2.13. The number of hydrogen-bond acceptors (Lipinski definition) is 3. The number of aryl methyl sites for hydroxylation is 1. The number of nitrogens with zero attached hydrogens (tertiary/aromatic N) is 1. The highest BCUT2D eigenvalue weighted by molar-refractivity contribution is 9.10. The second-order valence-corrected chi connectivity index (χ2v) is 3.59. The fourth-order valence-electron chi connectivity index (χ4n) is 1.02. The Kier molecular flexibility index (Phi) is 2.85. The van der Waals surface area contributed by atoms with Gasteiger partial charge < -0.3 is 5.73 Å². The third kappa shape index (κ3) is 1.90. The van der Waals surface area contributed by atoms with Gasteiger partial charge in [0.15, 0.2) is 0 Å². The lowest BCUT2D eigenvalue weighted by Gasteiger charge is -2.02. The first-order valence-electron chi connectivity index (χ1n) is 3.68. The van der Waals surface area contributed by atoms with Crippen LogP contribution in [0, 0.1) is 17.0 Å². The number of benzene rings is 1. The molecule has 6 heteroatoms. The third-order valence-electron chi connectivity index (χ3n) is 1.74. The molecule has 14 heavy (non-hydrogen) atoms. The normalized spacial score (nSPS) is 9.86. The van der Waals surface area contributed by atoms with Gasteiger partial charge in [-0.2, -0.15) is 0 Å². The van der Waals surface area contributed by atoms with Crippen LogP contribution in [0.5, 0.6) is 0 Å². The molecule has 0 saturated carbocycles. The summed E-state index contributed by atoms with van der Waals surface area (Å²) in [5, 5.41) is 10.6. The molecular formula is C8H7BrN2O3. The minimum atomic E-state index is -0.799. The lowest BCUT2D eigenvalue weighted by atomic mass is 10.1. The quantitative estimate of drug-likeness (QED) is 0.648. The Bertz CT molecular complexity index is 378. The number of primary amides is 1. The number of carbonyl (C=O) groups excluding carboxylic acids is 1. The lowest BCUT2D eigenvalue weighted by molar-refractivity contribution is -0.385. The van der Waals surface area contributed by atoms with Crippen molar-refractivity contribution in [1.82, 2.24) is 0 Å². The molecule has 0 fully saturated rings. The van der Waals surface area contributed by atoms with Crippen molar-refractivity contribution in [2.45, 2.75) is 6.92 Å². The zero-order valence-corrected chi connectivity index (χ0v) is 8.87. The second kappa shape index (κ2) is 3.75. The van der Waals surface area contributed by atoms with Crippen LogP contribution in [0.4, 0.5) is 5.69 Å². The summed E-state index contributed by atoms with van der Waals surface area (Å²) in [6.07, 6.45) is 0. The summed E-state index contributed by atoms with van der Waals surface area (Å²) in [5.41, 5.74) is 5.38. The van der Waals surface area contributed by atoms with Gasteiger partial charge in [0.2, 0.25) is 0 Å². The summed E-state index contributed by atoms with van der Waals surface area (Å²) < 4.78 is 0.578. The van der Waals surface area contributed by atoms with Crippen LogP contribution in [0.1, 0.15) is 15.9 Å². The molecule has 2 N–H and O–H groups in total. The highest BCUT2D eigenvalue weighted by Gasteiger charge is 2.19. The van der Waals surface area contributed by atoms with Gasteiger partial charge >= 0.3 is 0 Å². The van der Waals surface area contributed by atoms with Gasteiger partial charge in [-0.15, -0.1) is 0 Å². The molecular weight excluding hydrogens is 252 g/mol. The van der Waals surface area contributed by atoms with Gasteiger partial charge in [0.1, 0.15) is 5.56 Å². The maximum absolute atomic E-state index is 10.9. The van der Waals surface area contributed by atoms with E-state index in [1.54, 1.807) is 6.92 Å². The number of amides is 1. The van der Waals surface area contributed by atoms with Crippen LogP contribution in [-0.4, -0.2) is 10.8 Å². The number of nitrogens with two attached hydrogens (primary N) is 1. The summed E-state index contributed by atoms with van der Waals surface area (Å²) in [5.74, 6) is -0.799. The first-order valence-corrected chi connectivity index (χ1v) is 4.47. The van der Waals surface area contributed by atoms with E-state index in [2.05, 4.69) is 15.9 Å². The molecule has 0 bridgehead atoms. The van der Waals surface area contributed by atoms with Crippen molar-refractivity contribution in [3.05, 3.63) is 37.8 Å². The Morgan fingerprint density at radius 2 is 2.14 bits per heavy atom. The summed E-state index contributed by atoms with van der Waals surface area (Å²) in [4.78, 5) is 20.8. The van der Waals surface area contributed by atoms with E-state index >= 15 is 0 Å². The molecule has 0 saturated heterocycles. The summed E-state index contributed by atoms with van der Waals surface area (Å²) >= 11 is 3.14. The number of halogens is 1. The molecule has 0 atom stereocenters. The van der Waals surface area contributed by atoms with Gasteiger partial charge in [0, 0.05) is 10.5 Å². The van der Waals surface area contributed by atoms with Crippen LogP contribution < -0.4 is 5.73 Å². The predicted octanol–water partition coefficient (Wildman–Crippen LogP) is 1.76. The third-order valence-corrected chi connectivity index (χ3v) is 2.59. The highest BCUT2D eigenvalue weighted by atomic mass is 79.9. The smallest absolute Gasteiger partial charge is 0.283 e. The summed E-state index contributed by atoms with van der Waals surface area (Å²) in [6, 6.07) is 2.67. The van der Waals surface area contributed by atoms with Gasteiger partial charge in [-0.25, -0.2) is 0 Å². The van der Waals surface area contributed by atoms with Crippen molar-refractivity contribution >= 4 is 27.5 Å². The van der Waals surface area contributed by atoms with Crippen LogP contribution in [0.3, 0.4) is 0 Å². The molecule has 0 aliphatic heterocycles. The SMILES string of the molecule is Cc1cc(C(N)=O)c([N+](=O)[O-])cc1Br. The van der Waals surface area contributed by atoms with Gasteiger partial charge in [0.25, 0.3) is 11.6 Å². The molecule has 0 aliphatic rings. The Morgan fingerprint density at radius 1 is 1.57 bits per heavy atom. The molecule has 0 heterocycles. The zero-order valence-electron chi connectivity index (χ0n) is 7.28. The average Bonchev–Trinajstić information content (AvgIpc) is 2.08. The van der Waals surface area contributed by atoms with Crippen molar-refractivity contribution < 1.29 is 9.72 Å². The highest BCUT2D eigenvalue weighted by Crippen LogP contribution is 2.26. The fraction of sp³-hybridized carbons (Fsp3) is 0.125. The first-order chi connectivity index (χ1) is 6.43. The van der Waals surface area contributed by atoms with E-state index in [4.69, 9.17) is 5.73 Å². The zero-order chi connectivity index (χ0) is 10.9. The molecule has 5 nitrogen and oxygen atoms in total. The van der Waals surface area contributed by atoms with Crippen LogP contribution in [0.15, 0.2) is 16.6 Å². The number of rotatable bonds is 2. The minimum Gasteiger partial charge on any atom is -0.365 e. The summed E-state index contributed by atoms with van der Waals surface area (Å²) in [7, 11) is 0.